The van der Waals surface area contributed by atoms with Crippen molar-refractivity contribution in [1.29, 1.82) is 0 Å². The minimum Gasteiger partial charge on any atom is -0.478 e. The third-order valence-electron chi connectivity index (χ3n) is 5.95. The van der Waals surface area contributed by atoms with Crippen molar-refractivity contribution in [2.24, 2.45) is 0 Å². The monoisotopic (exact) mass is 508 g/mol. The Labute approximate surface area is 207 Å². The fraction of sp³-hybridized carbons (Fsp3) is 0.154. The number of alkyl halides is 3. The van der Waals surface area contributed by atoms with Crippen LogP contribution in [0.15, 0.2) is 59.5 Å². The minimum absolute atomic E-state index is 0.0466. The van der Waals surface area contributed by atoms with E-state index in [1.165, 1.54) is 12.1 Å². The quantitative estimate of drug-likeness (QED) is 0.299. The number of fused-ring (bicyclic) bond motifs is 1. The molecular weight excluding hydrogens is 489 g/mol. The Bertz CT molecular complexity index is 1650. The third kappa shape index (κ3) is 4.39. The molecule has 0 spiro atoms. The molecule has 1 aromatic carbocycles. The number of rotatable bonds is 5. The second-order valence-corrected chi connectivity index (χ2v) is 8.38. The van der Waals surface area contributed by atoms with Gasteiger partial charge in [0, 0.05) is 46.2 Å². The highest BCUT2D eigenvalue weighted by atomic mass is 19.4. The fourth-order valence-corrected chi connectivity index (χ4v) is 4.35. The number of ether oxygens (including phenoxy) is 1. The van der Waals surface area contributed by atoms with Gasteiger partial charge in [-0.25, -0.2) is 9.78 Å². The number of aromatic carboxylic acids is 1. The molecule has 0 aliphatic heterocycles. The van der Waals surface area contributed by atoms with Gasteiger partial charge in [-0.15, -0.1) is 13.2 Å². The maximum Gasteiger partial charge on any atom is 0.573 e. The Morgan fingerprint density at radius 2 is 1.84 bits per heavy atom. The second kappa shape index (κ2) is 8.77. The molecule has 0 saturated carbocycles. The highest BCUT2D eigenvalue weighted by molar-refractivity contribution is 6.00. The van der Waals surface area contributed by atoms with Gasteiger partial charge >= 0.3 is 12.3 Å². The molecule has 4 heterocycles. The van der Waals surface area contributed by atoms with Crippen molar-refractivity contribution < 1.29 is 32.3 Å². The van der Waals surface area contributed by atoms with Crippen LogP contribution < -0.4 is 4.74 Å². The fourth-order valence-electron chi connectivity index (χ4n) is 4.35. The molecule has 0 radical (unpaired) electrons. The number of hydrogen-bond acceptors (Lipinski definition) is 6. The van der Waals surface area contributed by atoms with E-state index in [0.29, 0.717) is 45.0 Å². The Kier molecular flexibility index (Phi) is 5.70. The van der Waals surface area contributed by atoms with Crippen LogP contribution in [-0.4, -0.2) is 37.1 Å². The first kappa shape index (κ1) is 24.0. The maximum absolute atomic E-state index is 13.3. The van der Waals surface area contributed by atoms with E-state index in [1.54, 1.807) is 56.1 Å². The largest absolute Gasteiger partial charge is 0.573 e. The predicted molar refractivity (Wildman–Crippen MR) is 128 cm³/mol. The smallest absolute Gasteiger partial charge is 0.478 e. The molecule has 5 aromatic rings. The third-order valence-corrected chi connectivity index (χ3v) is 5.95. The number of aryl methyl sites for hydroxylation is 3. The molecule has 0 bridgehead atoms. The normalized spacial score (nSPS) is 11.7. The zero-order valence-electron chi connectivity index (χ0n) is 19.8. The molecule has 11 heteroatoms. The lowest BCUT2D eigenvalue weighted by Gasteiger charge is -2.14. The van der Waals surface area contributed by atoms with E-state index < -0.39 is 18.1 Å². The first-order valence-electron chi connectivity index (χ1n) is 11.0. The van der Waals surface area contributed by atoms with Crippen LogP contribution in [0.4, 0.5) is 13.2 Å². The number of carbonyl (C=O) groups is 1. The summed E-state index contributed by atoms with van der Waals surface area (Å²) in [6.07, 6.45) is -0.127. The van der Waals surface area contributed by atoms with Gasteiger partial charge in [0.05, 0.1) is 22.6 Å². The minimum atomic E-state index is -5.04. The van der Waals surface area contributed by atoms with Gasteiger partial charge in [0.2, 0.25) is 0 Å². The summed E-state index contributed by atoms with van der Waals surface area (Å²) in [6.45, 7) is 5.34. The van der Waals surface area contributed by atoms with Crippen LogP contribution in [0.2, 0.25) is 0 Å². The summed E-state index contributed by atoms with van der Waals surface area (Å²) in [5.74, 6) is -1.46. The molecular formula is C26H19F3N4O4. The van der Waals surface area contributed by atoms with Crippen LogP contribution in [0.5, 0.6) is 5.75 Å². The molecule has 8 nitrogen and oxygen atoms in total. The van der Waals surface area contributed by atoms with Crippen molar-refractivity contribution in [3.8, 4) is 33.7 Å². The molecule has 1 N–H and O–H groups in total. The lowest BCUT2D eigenvalue weighted by atomic mass is 10.00. The number of aromatic nitrogens is 4. The Morgan fingerprint density at radius 3 is 2.49 bits per heavy atom. The van der Waals surface area contributed by atoms with Crippen molar-refractivity contribution >= 4 is 17.0 Å². The van der Waals surface area contributed by atoms with Gasteiger partial charge in [-0.2, -0.15) is 0 Å². The van der Waals surface area contributed by atoms with Crippen molar-refractivity contribution in [2.45, 2.75) is 27.1 Å². The average Bonchev–Trinajstić information content (AvgIpc) is 3.37. The van der Waals surface area contributed by atoms with E-state index >= 15 is 0 Å². The number of carboxylic acids is 1. The number of hydrogen-bond donors (Lipinski definition) is 1. The summed E-state index contributed by atoms with van der Waals surface area (Å²) in [5, 5.41) is 13.8. The van der Waals surface area contributed by atoms with Crippen molar-refractivity contribution in [2.75, 3.05) is 0 Å². The van der Waals surface area contributed by atoms with Crippen LogP contribution >= 0.6 is 0 Å². The summed E-state index contributed by atoms with van der Waals surface area (Å²) < 4.78 is 51.3. The van der Waals surface area contributed by atoms with Crippen molar-refractivity contribution in [3.63, 3.8) is 0 Å². The number of nitrogens with zero attached hydrogens (tertiary/aromatic N) is 4. The van der Waals surface area contributed by atoms with E-state index in [9.17, 15) is 23.1 Å². The molecule has 37 heavy (non-hydrogen) atoms. The summed E-state index contributed by atoms with van der Waals surface area (Å²) in [4.78, 5) is 20.4. The van der Waals surface area contributed by atoms with Gasteiger partial charge in [0.25, 0.3) is 0 Å². The van der Waals surface area contributed by atoms with Crippen LogP contribution in [-0.2, 0) is 0 Å². The van der Waals surface area contributed by atoms with E-state index in [0.717, 1.165) is 11.6 Å². The zero-order valence-corrected chi connectivity index (χ0v) is 19.8. The summed E-state index contributed by atoms with van der Waals surface area (Å²) in [6, 6.07) is 8.72. The maximum atomic E-state index is 13.3. The van der Waals surface area contributed by atoms with E-state index in [4.69, 9.17) is 4.52 Å². The molecule has 0 fully saturated rings. The molecule has 188 valence electrons. The summed E-state index contributed by atoms with van der Waals surface area (Å²) in [5.41, 5.74) is 3.89. The molecule has 0 unspecified atom stereocenters. The van der Waals surface area contributed by atoms with Gasteiger partial charge in [0.15, 0.2) is 0 Å². The molecule has 0 atom stereocenters. The van der Waals surface area contributed by atoms with Crippen molar-refractivity contribution in [3.05, 3.63) is 77.7 Å². The standard InChI is InChI=1S/C26H19F3N4O4/c1-13-21(5-4-8-30-13)33-12-20(18-7-6-16(25(34)35)10-22(18)36-26(27,28)29)19-9-17(11-31-24(19)33)23-14(2)32-37-15(23)3/h4-12H,1-3H3,(H,34,35). The van der Waals surface area contributed by atoms with E-state index in [2.05, 4.69) is 19.9 Å². The number of pyridine rings is 2. The van der Waals surface area contributed by atoms with Gasteiger partial charge in [-0.1, -0.05) is 5.16 Å². The van der Waals surface area contributed by atoms with Crippen LogP contribution in [0, 0.1) is 20.8 Å². The molecule has 0 amide bonds. The zero-order chi connectivity index (χ0) is 26.5. The first-order chi connectivity index (χ1) is 17.5. The second-order valence-electron chi connectivity index (χ2n) is 8.38. The van der Waals surface area contributed by atoms with Gasteiger partial charge in [-0.05, 0) is 57.2 Å². The van der Waals surface area contributed by atoms with E-state index in [1.807, 2.05) is 6.07 Å². The van der Waals surface area contributed by atoms with Crippen molar-refractivity contribution in [1.82, 2.24) is 19.7 Å². The van der Waals surface area contributed by atoms with E-state index in [-0.39, 0.29) is 11.1 Å². The number of benzene rings is 1. The number of carboxylic acid groups (broad SMARTS) is 1. The lowest BCUT2D eigenvalue weighted by molar-refractivity contribution is -0.274. The molecule has 4 aromatic heterocycles. The molecule has 0 aliphatic rings. The average molecular weight is 508 g/mol. The Balaban J connectivity index is 1.83. The highest BCUT2D eigenvalue weighted by Gasteiger charge is 2.33. The molecule has 5 rings (SSSR count). The SMILES string of the molecule is Cc1ncccc1-n1cc(-c2ccc(C(=O)O)cc2OC(F)(F)F)c2cc(-c3c(C)noc3C)cnc21. The Morgan fingerprint density at radius 1 is 1.05 bits per heavy atom. The lowest BCUT2D eigenvalue weighted by Crippen LogP contribution is -2.18. The first-order valence-corrected chi connectivity index (χ1v) is 11.0. The van der Waals surface area contributed by atoms with Crippen LogP contribution in [0.3, 0.4) is 0 Å². The summed E-state index contributed by atoms with van der Waals surface area (Å²) in [7, 11) is 0. The van der Waals surface area contributed by atoms with Gasteiger partial charge in [-0.3, -0.25) is 9.55 Å². The van der Waals surface area contributed by atoms with Gasteiger partial charge < -0.3 is 14.4 Å². The predicted octanol–water partition coefficient (Wildman–Crippen LogP) is 6.26. The topological polar surface area (TPSA) is 103 Å². The Hall–Kier alpha value is -4.67. The van der Waals surface area contributed by atoms with Crippen LogP contribution in [0.25, 0.3) is 39.0 Å². The number of halogens is 3. The van der Waals surface area contributed by atoms with Crippen LogP contribution in [0.1, 0.15) is 27.5 Å². The molecule has 0 saturated heterocycles. The van der Waals surface area contributed by atoms with Gasteiger partial charge in [0.1, 0.15) is 17.2 Å². The summed E-state index contributed by atoms with van der Waals surface area (Å²) >= 11 is 0. The highest BCUT2D eigenvalue weighted by Crippen LogP contribution is 2.41. The molecule has 0 aliphatic carbocycles.